The van der Waals surface area contributed by atoms with Crippen LogP contribution in [0.4, 0.5) is 0 Å². The average Bonchev–Trinajstić information content (AvgIpc) is 2.69. The normalized spacial score (nSPS) is 24.5. The highest BCUT2D eigenvalue weighted by Gasteiger charge is 2.39. The minimum atomic E-state index is 0.0828. The second-order valence-electron chi connectivity index (χ2n) is 7.61. The smallest absolute Gasteiger partial charge is 0.0324 e. The zero-order valence-electron chi connectivity index (χ0n) is 14.5. The molecule has 2 atom stereocenters. The molecule has 0 N–H and O–H groups in total. The highest BCUT2D eigenvalue weighted by Crippen LogP contribution is 2.52. The summed E-state index contributed by atoms with van der Waals surface area (Å²) < 4.78 is 0.605. The van der Waals surface area contributed by atoms with E-state index < -0.39 is 0 Å². The van der Waals surface area contributed by atoms with Gasteiger partial charge in [0.1, 0.15) is 0 Å². The van der Waals surface area contributed by atoms with Crippen molar-refractivity contribution in [3.63, 3.8) is 0 Å². The van der Waals surface area contributed by atoms with Crippen LogP contribution in [0.5, 0.6) is 0 Å². The lowest BCUT2D eigenvalue weighted by Gasteiger charge is -2.23. The van der Waals surface area contributed by atoms with Gasteiger partial charge in [-0.2, -0.15) is 0 Å². The number of fused-ring (bicyclic) bond motifs is 3. The summed E-state index contributed by atoms with van der Waals surface area (Å²) in [6, 6.07) is 17.7. The SMILES string of the molecule is CC1CC=C2C(=CC1I)C(C)(C)c1cc(-c3ccccc3)ccc12. The number of benzene rings is 2. The van der Waals surface area contributed by atoms with Gasteiger partial charge < -0.3 is 0 Å². The molecule has 0 radical (unpaired) electrons. The van der Waals surface area contributed by atoms with Crippen LogP contribution in [0.25, 0.3) is 16.7 Å². The second-order valence-corrected chi connectivity index (χ2v) is 9.05. The van der Waals surface area contributed by atoms with E-state index in [1.165, 1.54) is 39.8 Å². The van der Waals surface area contributed by atoms with Crippen LogP contribution in [0.2, 0.25) is 0 Å². The first-order chi connectivity index (χ1) is 11.5. The van der Waals surface area contributed by atoms with Crippen LogP contribution in [-0.2, 0) is 5.41 Å². The molecule has 0 amide bonds. The predicted octanol–water partition coefficient (Wildman–Crippen LogP) is 6.80. The van der Waals surface area contributed by atoms with Crippen LogP contribution >= 0.6 is 22.6 Å². The summed E-state index contributed by atoms with van der Waals surface area (Å²) >= 11 is 2.61. The van der Waals surface area contributed by atoms with Crippen LogP contribution in [0, 0.1) is 5.92 Å². The maximum Gasteiger partial charge on any atom is 0.0324 e. The van der Waals surface area contributed by atoms with Gasteiger partial charge in [0.15, 0.2) is 0 Å². The first-order valence-corrected chi connectivity index (χ1v) is 10.0. The lowest BCUT2D eigenvalue weighted by molar-refractivity contribution is 0.622. The Morgan fingerprint density at radius 2 is 1.75 bits per heavy atom. The fraction of sp³-hybridized carbons (Fsp3) is 0.304. The molecule has 0 aromatic heterocycles. The quantitative estimate of drug-likeness (QED) is 0.348. The van der Waals surface area contributed by atoms with Crippen molar-refractivity contribution in [3.8, 4) is 11.1 Å². The zero-order chi connectivity index (χ0) is 16.9. The molecule has 4 rings (SSSR count). The third-order valence-electron chi connectivity index (χ3n) is 5.62. The molecule has 2 aromatic rings. The van der Waals surface area contributed by atoms with Crippen molar-refractivity contribution < 1.29 is 0 Å². The molecular weight excluding hydrogens is 403 g/mol. The van der Waals surface area contributed by atoms with Crippen LogP contribution in [0.15, 0.2) is 66.3 Å². The summed E-state index contributed by atoms with van der Waals surface area (Å²) in [4.78, 5) is 0. The van der Waals surface area contributed by atoms with Crippen molar-refractivity contribution in [2.24, 2.45) is 5.92 Å². The third-order valence-corrected chi connectivity index (χ3v) is 7.20. The monoisotopic (exact) mass is 426 g/mol. The van der Waals surface area contributed by atoms with Crippen molar-refractivity contribution in [2.75, 3.05) is 0 Å². The maximum atomic E-state index is 2.61. The van der Waals surface area contributed by atoms with E-state index in [1.807, 2.05) is 0 Å². The molecule has 0 saturated carbocycles. The van der Waals surface area contributed by atoms with Gasteiger partial charge in [-0.15, -0.1) is 0 Å². The maximum absolute atomic E-state index is 2.61. The lowest BCUT2D eigenvalue weighted by atomic mass is 9.81. The molecule has 2 aromatic carbocycles. The van der Waals surface area contributed by atoms with Crippen molar-refractivity contribution in [1.82, 2.24) is 0 Å². The van der Waals surface area contributed by atoms with E-state index >= 15 is 0 Å². The van der Waals surface area contributed by atoms with Gasteiger partial charge in [0.05, 0.1) is 0 Å². The Morgan fingerprint density at radius 3 is 2.50 bits per heavy atom. The number of alkyl halides is 1. The minimum Gasteiger partial charge on any atom is -0.0778 e. The van der Waals surface area contributed by atoms with E-state index in [1.54, 1.807) is 0 Å². The zero-order valence-corrected chi connectivity index (χ0v) is 16.7. The molecule has 24 heavy (non-hydrogen) atoms. The van der Waals surface area contributed by atoms with E-state index in [0.29, 0.717) is 9.84 Å². The Kier molecular flexibility index (Phi) is 3.95. The van der Waals surface area contributed by atoms with Crippen LogP contribution in [0.1, 0.15) is 38.3 Å². The number of halogens is 1. The van der Waals surface area contributed by atoms with Crippen molar-refractivity contribution in [3.05, 3.63) is 77.4 Å². The Labute approximate surface area is 158 Å². The Morgan fingerprint density at radius 1 is 1.00 bits per heavy atom. The summed E-state index contributed by atoms with van der Waals surface area (Å²) in [5, 5.41) is 0. The molecule has 2 aliphatic rings. The Balaban J connectivity index is 1.89. The first kappa shape index (κ1) is 16.1. The van der Waals surface area contributed by atoms with Gasteiger partial charge in [-0.3, -0.25) is 0 Å². The molecule has 2 aliphatic carbocycles. The Hall–Kier alpha value is -1.35. The predicted molar refractivity (Wildman–Crippen MR) is 113 cm³/mol. The fourth-order valence-electron chi connectivity index (χ4n) is 4.01. The lowest BCUT2D eigenvalue weighted by Crippen LogP contribution is -2.17. The molecule has 0 saturated heterocycles. The van der Waals surface area contributed by atoms with E-state index in [4.69, 9.17) is 0 Å². The molecular formula is C23H23I. The number of rotatable bonds is 1. The molecule has 0 heterocycles. The molecule has 0 spiro atoms. The summed E-state index contributed by atoms with van der Waals surface area (Å²) in [6.07, 6.45) is 6.16. The molecule has 1 heteroatoms. The molecule has 122 valence electrons. The number of hydrogen-bond acceptors (Lipinski definition) is 0. The van der Waals surface area contributed by atoms with Gasteiger partial charge >= 0.3 is 0 Å². The van der Waals surface area contributed by atoms with Crippen molar-refractivity contribution >= 4 is 28.2 Å². The van der Waals surface area contributed by atoms with E-state index in [-0.39, 0.29) is 5.41 Å². The molecule has 0 nitrogen and oxygen atoms in total. The molecule has 2 unspecified atom stereocenters. The van der Waals surface area contributed by atoms with Gasteiger partial charge in [-0.05, 0) is 51.8 Å². The number of allylic oxidation sites excluding steroid dienone is 4. The standard InChI is InChI=1S/C23H23I/c1-15-9-11-18-19-12-10-17(16-7-5-4-6-8-16)13-20(19)23(2,3)21(18)14-22(15)24/h4-8,10-15,22H,9H2,1-3H3. The van der Waals surface area contributed by atoms with E-state index in [2.05, 4.69) is 104 Å². The fourth-order valence-corrected chi connectivity index (χ4v) is 4.66. The van der Waals surface area contributed by atoms with Crippen LogP contribution < -0.4 is 0 Å². The van der Waals surface area contributed by atoms with Gasteiger partial charge in [0.25, 0.3) is 0 Å². The van der Waals surface area contributed by atoms with E-state index in [0.717, 1.165) is 0 Å². The molecule has 0 bridgehead atoms. The van der Waals surface area contributed by atoms with Crippen LogP contribution in [0.3, 0.4) is 0 Å². The highest BCUT2D eigenvalue weighted by atomic mass is 127. The van der Waals surface area contributed by atoms with Crippen molar-refractivity contribution in [2.45, 2.75) is 36.5 Å². The molecule has 0 aliphatic heterocycles. The summed E-state index contributed by atoms with van der Waals surface area (Å²) in [6.45, 7) is 7.12. The van der Waals surface area contributed by atoms with Crippen LogP contribution in [-0.4, -0.2) is 3.92 Å². The second kappa shape index (κ2) is 5.87. The van der Waals surface area contributed by atoms with Gasteiger partial charge in [0.2, 0.25) is 0 Å². The summed E-state index contributed by atoms with van der Waals surface area (Å²) in [5.41, 5.74) is 8.60. The Bertz CT molecular complexity index is 840. The minimum absolute atomic E-state index is 0.0828. The number of hydrogen-bond donors (Lipinski definition) is 0. The highest BCUT2D eigenvalue weighted by molar-refractivity contribution is 14.1. The largest absolute Gasteiger partial charge is 0.0778 e. The average molecular weight is 426 g/mol. The summed E-state index contributed by atoms with van der Waals surface area (Å²) in [7, 11) is 0. The van der Waals surface area contributed by atoms with E-state index in [9.17, 15) is 0 Å². The third kappa shape index (κ3) is 2.48. The molecule has 0 fully saturated rings. The summed E-state index contributed by atoms with van der Waals surface area (Å²) in [5.74, 6) is 0.707. The topological polar surface area (TPSA) is 0 Å². The first-order valence-electron chi connectivity index (χ1n) is 8.75. The van der Waals surface area contributed by atoms with Gasteiger partial charge in [-0.25, -0.2) is 0 Å². The van der Waals surface area contributed by atoms with Gasteiger partial charge in [0, 0.05) is 9.34 Å². The van der Waals surface area contributed by atoms with Gasteiger partial charge in [-0.1, -0.05) is 98.0 Å². The van der Waals surface area contributed by atoms with Crippen molar-refractivity contribution in [1.29, 1.82) is 0 Å².